The van der Waals surface area contributed by atoms with Crippen molar-refractivity contribution in [2.75, 3.05) is 5.32 Å². The molecule has 4 nitrogen and oxygen atoms in total. The quantitative estimate of drug-likeness (QED) is 0.827. The number of para-hydroxylation sites is 1. The van der Waals surface area contributed by atoms with Crippen molar-refractivity contribution in [1.82, 2.24) is 0 Å². The molecule has 0 bridgehead atoms. The Labute approximate surface area is 130 Å². The maximum Gasteiger partial charge on any atom is 0.265 e. The van der Waals surface area contributed by atoms with Gasteiger partial charge in [-0.15, -0.1) is 0 Å². The molecule has 1 unspecified atom stereocenters. The van der Waals surface area contributed by atoms with E-state index in [4.69, 9.17) is 4.74 Å². The Hall–Kier alpha value is -2.62. The van der Waals surface area contributed by atoms with Crippen LogP contribution in [0.3, 0.4) is 0 Å². The summed E-state index contributed by atoms with van der Waals surface area (Å²) < 4.78 is 5.72. The van der Waals surface area contributed by atoms with Gasteiger partial charge in [-0.3, -0.25) is 9.59 Å². The van der Waals surface area contributed by atoms with Crippen molar-refractivity contribution < 1.29 is 14.3 Å². The van der Waals surface area contributed by atoms with Crippen LogP contribution in [-0.2, 0) is 4.79 Å². The SMILES string of the molecule is CCC(Oc1cccc(C(C)=O)c1)C(=O)Nc1ccccc1. The minimum Gasteiger partial charge on any atom is -0.481 e. The maximum absolute atomic E-state index is 12.3. The third-order valence-corrected chi connectivity index (χ3v) is 3.22. The van der Waals surface area contributed by atoms with Crippen LogP contribution in [0.15, 0.2) is 54.6 Å². The number of hydrogen-bond donors (Lipinski definition) is 1. The van der Waals surface area contributed by atoms with Crippen molar-refractivity contribution in [3.63, 3.8) is 0 Å². The van der Waals surface area contributed by atoms with Crippen LogP contribution in [0.4, 0.5) is 5.69 Å². The van der Waals surface area contributed by atoms with Crippen molar-refractivity contribution in [1.29, 1.82) is 0 Å². The summed E-state index contributed by atoms with van der Waals surface area (Å²) in [6.45, 7) is 3.38. The highest BCUT2D eigenvalue weighted by atomic mass is 16.5. The first kappa shape index (κ1) is 15.8. The van der Waals surface area contributed by atoms with Crippen LogP contribution in [0, 0.1) is 0 Å². The van der Waals surface area contributed by atoms with Gasteiger partial charge in [0, 0.05) is 11.3 Å². The van der Waals surface area contributed by atoms with E-state index >= 15 is 0 Å². The molecule has 1 atom stereocenters. The van der Waals surface area contributed by atoms with Crippen LogP contribution in [0.1, 0.15) is 30.6 Å². The summed E-state index contributed by atoms with van der Waals surface area (Å²) >= 11 is 0. The molecular formula is C18H19NO3. The molecule has 0 spiro atoms. The second kappa shape index (κ2) is 7.41. The number of carbonyl (C=O) groups is 2. The summed E-state index contributed by atoms with van der Waals surface area (Å²) in [5.41, 5.74) is 1.29. The largest absolute Gasteiger partial charge is 0.481 e. The predicted molar refractivity (Wildman–Crippen MR) is 86.2 cm³/mol. The van der Waals surface area contributed by atoms with Gasteiger partial charge in [-0.25, -0.2) is 0 Å². The van der Waals surface area contributed by atoms with Gasteiger partial charge in [0.2, 0.25) is 0 Å². The Morgan fingerprint density at radius 3 is 2.45 bits per heavy atom. The van der Waals surface area contributed by atoms with E-state index in [0.29, 0.717) is 17.7 Å². The zero-order chi connectivity index (χ0) is 15.9. The van der Waals surface area contributed by atoms with Gasteiger partial charge in [0.1, 0.15) is 5.75 Å². The van der Waals surface area contributed by atoms with Crippen LogP contribution in [0.2, 0.25) is 0 Å². The lowest BCUT2D eigenvalue weighted by Crippen LogP contribution is -2.32. The van der Waals surface area contributed by atoms with E-state index in [0.717, 1.165) is 5.69 Å². The highest BCUT2D eigenvalue weighted by molar-refractivity contribution is 5.95. The second-order valence-electron chi connectivity index (χ2n) is 4.95. The second-order valence-corrected chi connectivity index (χ2v) is 4.95. The minimum atomic E-state index is -0.609. The Morgan fingerprint density at radius 2 is 1.82 bits per heavy atom. The number of ketones is 1. The van der Waals surface area contributed by atoms with Crippen LogP contribution >= 0.6 is 0 Å². The fraction of sp³-hybridized carbons (Fsp3) is 0.222. The van der Waals surface area contributed by atoms with Crippen molar-refractivity contribution in [3.8, 4) is 5.75 Å². The number of carbonyl (C=O) groups excluding carboxylic acids is 2. The average molecular weight is 297 g/mol. The van der Waals surface area contributed by atoms with Crippen molar-refractivity contribution in [2.24, 2.45) is 0 Å². The zero-order valence-corrected chi connectivity index (χ0v) is 12.7. The van der Waals surface area contributed by atoms with Gasteiger partial charge in [-0.1, -0.05) is 37.3 Å². The average Bonchev–Trinajstić information content (AvgIpc) is 2.53. The molecule has 0 fully saturated rings. The summed E-state index contributed by atoms with van der Waals surface area (Å²) in [6, 6.07) is 16.1. The highest BCUT2D eigenvalue weighted by Gasteiger charge is 2.18. The summed E-state index contributed by atoms with van der Waals surface area (Å²) in [5.74, 6) is 0.275. The Kier molecular flexibility index (Phi) is 5.31. The molecule has 2 aromatic carbocycles. The third-order valence-electron chi connectivity index (χ3n) is 3.22. The number of hydrogen-bond acceptors (Lipinski definition) is 3. The van der Waals surface area contributed by atoms with Gasteiger partial charge in [0.05, 0.1) is 0 Å². The van der Waals surface area contributed by atoms with Gasteiger partial charge in [0.25, 0.3) is 5.91 Å². The third kappa shape index (κ3) is 4.19. The van der Waals surface area contributed by atoms with E-state index in [1.54, 1.807) is 24.3 Å². The summed E-state index contributed by atoms with van der Waals surface area (Å²) in [5, 5.41) is 2.82. The van der Waals surface area contributed by atoms with Crippen molar-refractivity contribution in [2.45, 2.75) is 26.4 Å². The highest BCUT2D eigenvalue weighted by Crippen LogP contribution is 2.17. The summed E-state index contributed by atoms with van der Waals surface area (Å²) in [4.78, 5) is 23.7. The Morgan fingerprint density at radius 1 is 1.09 bits per heavy atom. The van der Waals surface area contributed by atoms with E-state index in [9.17, 15) is 9.59 Å². The van der Waals surface area contributed by atoms with Gasteiger partial charge < -0.3 is 10.1 Å². The molecule has 2 aromatic rings. The van der Waals surface area contributed by atoms with Gasteiger partial charge >= 0.3 is 0 Å². The van der Waals surface area contributed by atoms with Crippen LogP contribution in [0.5, 0.6) is 5.75 Å². The molecule has 0 saturated carbocycles. The van der Waals surface area contributed by atoms with E-state index in [1.165, 1.54) is 6.92 Å². The summed E-state index contributed by atoms with van der Waals surface area (Å²) in [7, 11) is 0. The topological polar surface area (TPSA) is 55.4 Å². The lowest BCUT2D eigenvalue weighted by atomic mass is 10.1. The van der Waals surface area contributed by atoms with Crippen LogP contribution in [0.25, 0.3) is 0 Å². The fourth-order valence-corrected chi connectivity index (χ4v) is 2.02. The van der Waals surface area contributed by atoms with Gasteiger partial charge in [-0.05, 0) is 37.6 Å². The maximum atomic E-state index is 12.3. The molecule has 1 N–H and O–H groups in total. The van der Waals surface area contributed by atoms with Crippen molar-refractivity contribution >= 4 is 17.4 Å². The number of anilines is 1. The molecule has 2 rings (SSSR count). The first-order chi connectivity index (χ1) is 10.6. The normalized spacial score (nSPS) is 11.5. The lowest BCUT2D eigenvalue weighted by Gasteiger charge is -2.17. The number of nitrogens with one attached hydrogen (secondary N) is 1. The molecule has 0 aliphatic rings. The fourth-order valence-electron chi connectivity index (χ4n) is 2.02. The van der Waals surface area contributed by atoms with E-state index in [-0.39, 0.29) is 11.7 Å². The summed E-state index contributed by atoms with van der Waals surface area (Å²) in [6.07, 6.45) is -0.0782. The number of amides is 1. The molecule has 114 valence electrons. The number of Topliss-reactive ketones (excluding diaryl/α,β-unsaturated/α-hetero) is 1. The Balaban J connectivity index is 2.07. The standard InChI is InChI=1S/C18H19NO3/c1-3-17(18(21)19-15-9-5-4-6-10-15)22-16-11-7-8-14(12-16)13(2)20/h4-12,17H,3H2,1-2H3,(H,19,21). The minimum absolute atomic E-state index is 0.0350. The first-order valence-corrected chi connectivity index (χ1v) is 7.23. The van der Waals surface area contributed by atoms with E-state index < -0.39 is 6.10 Å². The smallest absolute Gasteiger partial charge is 0.265 e. The molecule has 22 heavy (non-hydrogen) atoms. The van der Waals surface area contributed by atoms with Crippen molar-refractivity contribution in [3.05, 3.63) is 60.2 Å². The van der Waals surface area contributed by atoms with Crippen LogP contribution in [-0.4, -0.2) is 17.8 Å². The molecule has 0 saturated heterocycles. The molecule has 0 aliphatic heterocycles. The van der Waals surface area contributed by atoms with E-state index in [2.05, 4.69) is 5.32 Å². The van der Waals surface area contributed by atoms with Gasteiger partial charge in [-0.2, -0.15) is 0 Å². The zero-order valence-electron chi connectivity index (χ0n) is 12.7. The molecule has 0 aromatic heterocycles. The molecular weight excluding hydrogens is 278 g/mol. The Bertz CT molecular complexity index is 652. The number of rotatable bonds is 6. The van der Waals surface area contributed by atoms with Gasteiger partial charge in [0.15, 0.2) is 11.9 Å². The molecule has 1 amide bonds. The molecule has 0 aliphatic carbocycles. The monoisotopic (exact) mass is 297 g/mol. The molecule has 4 heteroatoms. The predicted octanol–water partition coefficient (Wildman–Crippen LogP) is 3.69. The number of ether oxygens (including phenoxy) is 1. The molecule has 0 radical (unpaired) electrons. The molecule has 0 heterocycles. The first-order valence-electron chi connectivity index (χ1n) is 7.23. The number of benzene rings is 2. The lowest BCUT2D eigenvalue weighted by molar-refractivity contribution is -0.122. The van der Waals surface area contributed by atoms with Crippen LogP contribution < -0.4 is 10.1 Å². The van der Waals surface area contributed by atoms with E-state index in [1.807, 2.05) is 37.3 Å².